The van der Waals surface area contributed by atoms with E-state index in [1.807, 2.05) is 24.3 Å². The molecular weight excluding hydrogens is 334 g/mol. The van der Waals surface area contributed by atoms with Gasteiger partial charge >= 0.3 is 0 Å². The third-order valence-electron chi connectivity index (χ3n) is 4.44. The van der Waals surface area contributed by atoms with E-state index in [1.54, 1.807) is 12.4 Å². The first-order valence-corrected chi connectivity index (χ1v) is 9.41. The van der Waals surface area contributed by atoms with Crippen LogP contribution in [0.25, 0.3) is 0 Å². The Hall–Kier alpha value is -2.95. The maximum Gasteiger partial charge on any atom is 0.224 e. The Morgan fingerprint density at radius 1 is 0.815 bits per heavy atom. The van der Waals surface area contributed by atoms with Gasteiger partial charge in [-0.25, -0.2) is 4.98 Å². The number of anilines is 3. The lowest BCUT2D eigenvalue weighted by atomic mass is 9.92. The first kappa shape index (κ1) is 18.8. The molecule has 0 fully saturated rings. The van der Waals surface area contributed by atoms with Crippen LogP contribution < -0.4 is 10.6 Å². The van der Waals surface area contributed by atoms with Crippen LogP contribution >= 0.6 is 0 Å². The van der Waals surface area contributed by atoms with Gasteiger partial charge in [-0.05, 0) is 41.2 Å². The summed E-state index contributed by atoms with van der Waals surface area (Å²) in [6.07, 6.45) is 3.55. The number of nitrogens with zero attached hydrogens (tertiary/aromatic N) is 3. The number of nitrogens with one attached hydrogen (secondary N) is 2. The first-order valence-electron chi connectivity index (χ1n) is 9.41. The smallest absolute Gasteiger partial charge is 0.224 e. The zero-order chi connectivity index (χ0) is 19.2. The quantitative estimate of drug-likeness (QED) is 0.584. The lowest BCUT2D eigenvalue weighted by Gasteiger charge is -2.20. The number of hydrogen-bond acceptors (Lipinski definition) is 5. The lowest BCUT2D eigenvalue weighted by molar-refractivity contribution is 0.838. The SMILES string of the molecule is CC(C)c1cccc(C(C)C)c1Nc1ccnc(NCc2ccccn2)n1. The van der Waals surface area contributed by atoms with Crippen LogP contribution in [-0.4, -0.2) is 15.0 Å². The normalized spacial score (nSPS) is 11.0. The summed E-state index contributed by atoms with van der Waals surface area (Å²) in [7, 11) is 0. The van der Waals surface area contributed by atoms with E-state index in [0.29, 0.717) is 24.3 Å². The van der Waals surface area contributed by atoms with E-state index in [2.05, 4.69) is 71.5 Å². The molecule has 0 bridgehead atoms. The number of rotatable bonds is 7. The van der Waals surface area contributed by atoms with Crippen LogP contribution in [0, 0.1) is 0 Å². The molecule has 0 aliphatic heterocycles. The van der Waals surface area contributed by atoms with E-state index in [-0.39, 0.29) is 0 Å². The highest BCUT2D eigenvalue weighted by molar-refractivity contribution is 5.67. The summed E-state index contributed by atoms with van der Waals surface area (Å²) >= 11 is 0. The Morgan fingerprint density at radius 3 is 2.19 bits per heavy atom. The number of hydrogen-bond donors (Lipinski definition) is 2. The number of aromatic nitrogens is 3. The molecule has 1 aromatic carbocycles. The van der Waals surface area contributed by atoms with Gasteiger partial charge in [0.1, 0.15) is 5.82 Å². The molecule has 3 aromatic rings. The highest BCUT2D eigenvalue weighted by Gasteiger charge is 2.14. The van der Waals surface area contributed by atoms with Crippen molar-refractivity contribution in [3.8, 4) is 0 Å². The molecule has 0 radical (unpaired) electrons. The second kappa shape index (κ2) is 8.62. The zero-order valence-electron chi connectivity index (χ0n) is 16.4. The molecule has 5 heteroatoms. The van der Waals surface area contributed by atoms with Crippen molar-refractivity contribution in [2.75, 3.05) is 10.6 Å². The van der Waals surface area contributed by atoms with E-state index in [1.165, 1.54) is 11.1 Å². The molecule has 0 spiro atoms. The number of benzene rings is 1. The third-order valence-corrected chi connectivity index (χ3v) is 4.44. The predicted molar refractivity (Wildman–Crippen MR) is 111 cm³/mol. The van der Waals surface area contributed by atoms with Gasteiger partial charge in [-0.1, -0.05) is 52.0 Å². The molecule has 0 aliphatic rings. The number of para-hydroxylation sites is 1. The summed E-state index contributed by atoms with van der Waals surface area (Å²) in [5.41, 5.74) is 4.69. The van der Waals surface area contributed by atoms with Gasteiger partial charge in [0.15, 0.2) is 0 Å². The van der Waals surface area contributed by atoms with Crippen LogP contribution in [0.5, 0.6) is 0 Å². The van der Waals surface area contributed by atoms with E-state index < -0.39 is 0 Å². The minimum atomic E-state index is 0.426. The second-order valence-corrected chi connectivity index (χ2v) is 7.19. The molecule has 5 nitrogen and oxygen atoms in total. The van der Waals surface area contributed by atoms with Crippen LogP contribution in [0.1, 0.15) is 56.4 Å². The molecule has 3 rings (SSSR count). The standard InChI is InChI=1S/C22H27N5/c1-15(2)18-9-7-10-19(16(3)4)21(18)26-20-11-13-24-22(27-20)25-14-17-8-5-6-12-23-17/h5-13,15-16H,14H2,1-4H3,(H2,24,25,26,27). The largest absolute Gasteiger partial charge is 0.349 e. The fourth-order valence-electron chi connectivity index (χ4n) is 3.01. The fraction of sp³-hybridized carbons (Fsp3) is 0.318. The minimum absolute atomic E-state index is 0.426. The Morgan fingerprint density at radius 2 is 1.56 bits per heavy atom. The van der Waals surface area contributed by atoms with Crippen molar-refractivity contribution in [1.82, 2.24) is 15.0 Å². The fourth-order valence-corrected chi connectivity index (χ4v) is 3.01. The van der Waals surface area contributed by atoms with Crippen LogP contribution in [0.3, 0.4) is 0 Å². The van der Waals surface area contributed by atoms with E-state index in [9.17, 15) is 0 Å². The molecule has 2 N–H and O–H groups in total. The molecule has 0 atom stereocenters. The van der Waals surface area contributed by atoms with Crippen molar-refractivity contribution in [1.29, 1.82) is 0 Å². The Labute approximate surface area is 161 Å². The van der Waals surface area contributed by atoms with Crippen LogP contribution in [0.15, 0.2) is 54.9 Å². The van der Waals surface area contributed by atoms with E-state index >= 15 is 0 Å². The van der Waals surface area contributed by atoms with Crippen molar-refractivity contribution in [2.45, 2.75) is 46.1 Å². The summed E-state index contributed by atoms with van der Waals surface area (Å²) in [5.74, 6) is 2.21. The molecule has 27 heavy (non-hydrogen) atoms. The van der Waals surface area contributed by atoms with Gasteiger partial charge in [0.2, 0.25) is 5.95 Å². The lowest BCUT2D eigenvalue weighted by Crippen LogP contribution is -2.08. The molecule has 140 valence electrons. The summed E-state index contributed by atoms with van der Waals surface area (Å²) < 4.78 is 0. The molecule has 0 saturated carbocycles. The summed E-state index contributed by atoms with van der Waals surface area (Å²) in [6, 6.07) is 14.2. The molecular formula is C22H27N5. The van der Waals surface area contributed by atoms with E-state index in [0.717, 1.165) is 17.2 Å². The highest BCUT2D eigenvalue weighted by Crippen LogP contribution is 2.34. The Kier molecular flexibility index (Phi) is 6.01. The average Bonchev–Trinajstić information content (AvgIpc) is 2.67. The van der Waals surface area contributed by atoms with Crippen molar-refractivity contribution >= 4 is 17.5 Å². The van der Waals surface area contributed by atoms with Crippen LogP contribution in [0.4, 0.5) is 17.5 Å². The molecule has 0 unspecified atom stereocenters. The zero-order valence-corrected chi connectivity index (χ0v) is 16.4. The topological polar surface area (TPSA) is 62.7 Å². The highest BCUT2D eigenvalue weighted by atomic mass is 15.1. The second-order valence-electron chi connectivity index (χ2n) is 7.19. The van der Waals surface area contributed by atoms with Gasteiger partial charge in [0.25, 0.3) is 0 Å². The van der Waals surface area contributed by atoms with Crippen LogP contribution in [-0.2, 0) is 6.54 Å². The van der Waals surface area contributed by atoms with Crippen molar-refractivity contribution in [2.24, 2.45) is 0 Å². The third kappa shape index (κ3) is 4.82. The predicted octanol–water partition coefficient (Wildman–Crippen LogP) is 5.47. The maximum atomic E-state index is 4.62. The van der Waals surface area contributed by atoms with Crippen molar-refractivity contribution in [3.05, 3.63) is 71.7 Å². The number of pyridine rings is 1. The van der Waals surface area contributed by atoms with Gasteiger partial charge in [-0.15, -0.1) is 0 Å². The van der Waals surface area contributed by atoms with Gasteiger partial charge in [-0.2, -0.15) is 4.98 Å². The van der Waals surface area contributed by atoms with Gasteiger partial charge in [0.05, 0.1) is 12.2 Å². The van der Waals surface area contributed by atoms with Crippen LogP contribution in [0.2, 0.25) is 0 Å². The summed E-state index contributed by atoms with van der Waals surface area (Å²) in [4.78, 5) is 13.3. The molecule has 2 aromatic heterocycles. The summed E-state index contributed by atoms with van der Waals surface area (Å²) in [6.45, 7) is 9.44. The van der Waals surface area contributed by atoms with Crippen molar-refractivity contribution < 1.29 is 0 Å². The van der Waals surface area contributed by atoms with Gasteiger partial charge in [0, 0.05) is 18.1 Å². The minimum Gasteiger partial charge on any atom is -0.349 e. The molecule has 2 heterocycles. The van der Waals surface area contributed by atoms with Gasteiger partial charge in [-0.3, -0.25) is 4.98 Å². The average molecular weight is 361 g/mol. The Bertz CT molecular complexity index is 849. The first-order chi connectivity index (χ1) is 13.0. The molecule has 0 saturated heterocycles. The monoisotopic (exact) mass is 361 g/mol. The van der Waals surface area contributed by atoms with Gasteiger partial charge < -0.3 is 10.6 Å². The molecule has 0 aliphatic carbocycles. The maximum absolute atomic E-state index is 4.62. The van der Waals surface area contributed by atoms with Crippen molar-refractivity contribution in [3.63, 3.8) is 0 Å². The van der Waals surface area contributed by atoms with E-state index in [4.69, 9.17) is 0 Å². The summed E-state index contributed by atoms with van der Waals surface area (Å²) in [5, 5.41) is 6.77. The Balaban J connectivity index is 1.82. The molecule has 0 amide bonds.